The van der Waals surface area contributed by atoms with Gasteiger partial charge in [-0.2, -0.15) is 5.10 Å². The molecule has 2 aromatic rings. The third-order valence-corrected chi connectivity index (χ3v) is 4.91. The van der Waals surface area contributed by atoms with Gasteiger partial charge in [-0.1, -0.05) is 48.2 Å². The Balaban J connectivity index is 1.80. The maximum atomic E-state index is 12.6. The fourth-order valence-electron chi connectivity index (χ4n) is 2.50. The molecule has 0 aliphatic carbocycles. The molecule has 2 N–H and O–H groups in total. The van der Waals surface area contributed by atoms with Crippen LogP contribution in [-0.4, -0.2) is 38.7 Å². The molecule has 0 bridgehead atoms. The van der Waals surface area contributed by atoms with E-state index in [9.17, 15) is 14.7 Å². The van der Waals surface area contributed by atoms with Crippen molar-refractivity contribution in [3.05, 3.63) is 66.2 Å². The molecule has 1 atom stereocenters. The van der Waals surface area contributed by atoms with Crippen molar-refractivity contribution >= 4 is 46.8 Å². The minimum atomic E-state index is -1.06. The van der Waals surface area contributed by atoms with Gasteiger partial charge in [0.25, 0.3) is 0 Å². The van der Waals surface area contributed by atoms with Gasteiger partial charge < -0.3 is 10.2 Å². The third-order valence-electron chi connectivity index (χ3n) is 3.79. The fourth-order valence-corrected chi connectivity index (χ4v) is 3.59. The first-order chi connectivity index (χ1) is 13.5. The molecule has 28 heavy (non-hydrogen) atoms. The Morgan fingerprint density at radius 3 is 2.54 bits per heavy atom. The second kappa shape index (κ2) is 9.01. The van der Waals surface area contributed by atoms with E-state index in [1.54, 1.807) is 18.2 Å². The number of carboxylic acid groups (broad SMARTS) is 1. The molecule has 7 nitrogen and oxygen atoms in total. The number of benzene rings is 2. The van der Waals surface area contributed by atoms with E-state index < -0.39 is 11.2 Å². The molecule has 0 radical (unpaired) electrons. The summed E-state index contributed by atoms with van der Waals surface area (Å²) in [4.78, 5) is 25.0. The van der Waals surface area contributed by atoms with Crippen LogP contribution in [0, 0.1) is 0 Å². The van der Waals surface area contributed by atoms with E-state index in [4.69, 9.17) is 5.11 Å². The molecular formula is C20H17N3O4S. The second-order valence-corrected chi connectivity index (χ2v) is 6.98. The number of allylic oxidation sites excluding steroid dienone is 1. The Kier molecular flexibility index (Phi) is 6.23. The van der Waals surface area contributed by atoms with Crippen LogP contribution in [0.1, 0.15) is 12.0 Å². The van der Waals surface area contributed by atoms with Gasteiger partial charge in [0.2, 0.25) is 5.91 Å². The molecule has 1 saturated heterocycles. The van der Waals surface area contributed by atoms with Crippen LogP contribution in [0.2, 0.25) is 0 Å². The van der Waals surface area contributed by atoms with Crippen LogP contribution < -0.4 is 4.90 Å². The van der Waals surface area contributed by atoms with E-state index >= 15 is 0 Å². The summed E-state index contributed by atoms with van der Waals surface area (Å²) in [5, 5.41) is 26.0. The molecule has 2 aromatic carbocycles. The average Bonchev–Trinajstić information content (AvgIpc) is 2.98. The molecule has 1 amide bonds. The van der Waals surface area contributed by atoms with E-state index in [0.717, 1.165) is 17.3 Å². The number of hydrogen-bond acceptors (Lipinski definition) is 6. The maximum absolute atomic E-state index is 12.6. The number of aromatic hydroxyl groups is 1. The topological polar surface area (TPSA) is 103 Å². The summed E-state index contributed by atoms with van der Waals surface area (Å²) in [5.41, 5.74) is 1.50. The summed E-state index contributed by atoms with van der Waals surface area (Å²) in [6, 6.07) is 15.7. The van der Waals surface area contributed by atoms with Crippen LogP contribution in [0.4, 0.5) is 5.69 Å². The highest BCUT2D eigenvalue weighted by molar-refractivity contribution is 8.16. The Labute approximate surface area is 165 Å². The number of nitrogens with zero attached hydrogens (tertiary/aromatic N) is 3. The standard InChI is InChI=1S/C20H17N3O4S/c24-16-10-8-15(9-11-16)23-19(27)17(13-18(25)26)28-20(23)22-21-12-4-7-14-5-2-1-3-6-14/h1-12,17,24H,13H2,(H,25,26)/b7-4-,21-12+,22-20+/t17-/m0/s1. The van der Waals surface area contributed by atoms with Crippen LogP contribution in [0.25, 0.3) is 6.08 Å². The highest BCUT2D eigenvalue weighted by atomic mass is 32.2. The number of anilines is 1. The summed E-state index contributed by atoms with van der Waals surface area (Å²) in [6.45, 7) is 0. The van der Waals surface area contributed by atoms with Crippen molar-refractivity contribution in [1.82, 2.24) is 0 Å². The van der Waals surface area contributed by atoms with Gasteiger partial charge in [-0.25, -0.2) is 0 Å². The molecule has 1 aliphatic rings. The van der Waals surface area contributed by atoms with E-state index in [1.807, 2.05) is 36.4 Å². The van der Waals surface area contributed by atoms with Gasteiger partial charge in [-0.15, -0.1) is 5.10 Å². The molecular weight excluding hydrogens is 378 g/mol. The normalized spacial score (nSPS) is 18.6. The average molecular weight is 395 g/mol. The number of thioether (sulfide) groups is 1. The number of rotatable bonds is 6. The quantitative estimate of drug-likeness (QED) is 0.577. The number of amidine groups is 1. The molecule has 3 rings (SSSR count). The zero-order chi connectivity index (χ0) is 19.9. The first-order valence-electron chi connectivity index (χ1n) is 8.39. The minimum absolute atomic E-state index is 0.0627. The minimum Gasteiger partial charge on any atom is -0.508 e. The monoisotopic (exact) mass is 395 g/mol. The van der Waals surface area contributed by atoms with Gasteiger partial charge in [-0.05, 0) is 35.9 Å². The fraction of sp³-hybridized carbons (Fsp3) is 0.100. The molecule has 0 spiro atoms. The van der Waals surface area contributed by atoms with Crippen molar-refractivity contribution in [3.8, 4) is 5.75 Å². The van der Waals surface area contributed by atoms with Crippen molar-refractivity contribution in [2.75, 3.05) is 4.90 Å². The van der Waals surface area contributed by atoms with Crippen molar-refractivity contribution in [1.29, 1.82) is 0 Å². The molecule has 0 unspecified atom stereocenters. The van der Waals surface area contributed by atoms with Crippen LogP contribution in [-0.2, 0) is 9.59 Å². The van der Waals surface area contributed by atoms with Gasteiger partial charge in [0, 0.05) is 6.21 Å². The molecule has 0 saturated carbocycles. The van der Waals surface area contributed by atoms with Crippen molar-refractivity contribution in [3.63, 3.8) is 0 Å². The molecule has 1 heterocycles. The number of aliphatic carboxylic acids is 1. The molecule has 1 aliphatic heterocycles. The van der Waals surface area contributed by atoms with E-state index in [-0.39, 0.29) is 23.2 Å². The number of carbonyl (C=O) groups excluding carboxylic acids is 1. The lowest BCUT2D eigenvalue weighted by Gasteiger charge is -2.15. The first kappa shape index (κ1) is 19.4. The smallest absolute Gasteiger partial charge is 0.305 e. The third kappa shape index (κ3) is 4.86. The van der Waals surface area contributed by atoms with E-state index in [0.29, 0.717) is 5.69 Å². The summed E-state index contributed by atoms with van der Waals surface area (Å²) >= 11 is 1.05. The van der Waals surface area contributed by atoms with Gasteiger partial charge in [0.05, 0.1) is 12.1 Å². The highest BCUT2D eigenvalue weighted by Crippen LogP contribution is 2.34. The number of phenols is 1. The lowest BCUT2D eigenvalue weighted by atomic mass is 10.2. The molecule has 142 valence electrons. The second-order valence-electron chi connectivity index (χ2n) is 5.81. The van der Waals surface area contributed by atoms with E-state index in [2.05, 4.69) is 10.2 Å². The van der Waals surface area contributed by atoms with E-state index in [1.165, 1.54) is 23.2 Å². The van der Waals surface area contributed by atoms with Crippen molar-refractivity contribution in [2.45, 2.75) is 11.7 Å². The number of phenolic OH excluding ortho intramolecular Hbond substituents is 1. The zero-order valence-electron chi connectivity index (χ0n) is 14.7. The van der Waals surface area contributed by atoms with Crippen molar-refractivity contribution < 1.29 is 19.8 Å². The van der Waals surface area contributed by atoms with Crippen LogP contribution in [0.15, 0.2) is 70.9 Å². The summed E-state index contributed by atoms with van der Waals surface area (Å²) in [7, 11) is 0. The number of carboxylic acids is 1. The molecule has 1 fully saturated rings. The van der Waals surface area contributed by atoms with Gasteiger partial charge in [0.15, 0.2) is 5.17 Å². The lowest BCUT2D eigenvalue weighted by Crippen LogP contribution is -2.32. The van der Waals surface area contributed by atoms with Gasteiger partial charge >= 0.3 is 5.97 Å². The van der Waals surface area contributed by atoms with Crippen LogP contribution in [0.5, 0.6) is 5.75 Å². The first-order valence-corrected chi connectivity index (χ1v) is 9.27. The predicted octanol–water partition coefficient (Wildman–Crippen LogP) is 3.37. The van der Waals surface area contributed by atoms with Gasteiger partial charge in [0.1, 0.15) is 11.0 Å². The Hall–Kier alpha value is -3.39. The lowest BCUT2D eigenvalue weighted by molar-refractivity contribution is -0.138. The Morgan fingerprint density at radius 1 is 1.14 bits per heavy atom. The largest absolute Gasteiger partial charge is 0.508 e. The SMILES string of the molecule is O=C(O)C[C@@H]1S/C(=N/N=C/C=C\c2ccccc2)N(c2ccc(O)cc2)C1=O. The predicted molar refractivity (Wildman–Crippen MR) is 111 cm³/mol. The number of hydrogen-bond donors (Lipinski definition) is 2. The highest BCUT2D eigenvalue weighted by Gasteiger charge is 2.40. The molecule has 8 heteroatoms. The van der Waals surface area contributed by atoms with Crippen LogP contribution >= 0.6 is 11.8 Å². The number of carbonyl (C=O) groups is 2. The Morgan fingerprint density at radius 2 is 1.86 bits per heavy atom. The van der Waals surface area contributed by atoms with Gasteiger partial charge in [-0.3, -0.25) is 14.5 Å². The molecule has 0 aromatic heterocycles. The zero-order valence-corrected chi connectivity index (χ0v) is 15.5. The summed E-state index contributed by atoms with van der Waals surface area (Å²) in [5.74, 6) is -1.38. The maximum Gasteiger partial charge on any atom is 0.305 e. The number of amides is 1. The summed E-state index contributed by atoms with van der Waals surface area (Å²) < 4.78 is 0. The summed E-state index contributed by atoms with van der Waals surface area (Å²) in [6.07, 6.45) is 4.77. The van der Waals surface area contributed by atoms with Crippen molar-refractivity contribution in [2.24, 2.45) is 10.2 Å². The Bertz CT molecular complexity index is 940. The van der Waals surface area contributed by atoms with Crippen LogP contribution in [0.3, 0.4) is 0 Å².